The second-order valence-corrected chi connectivity index (χ2v) is 16.5. The van der Waals surface area contributed by atoms with Gasteiger partial charge in [0.1, 0.15) is 16.7 Å². The van der Waals surface area contributed by atoms with Crippen LogP contribution in [-0.4, -0.2) is 126 Å². The summed E-state index contributed by atoms with van der Waals surface area (Å²) in [5.74, 6) is -2.75. The van der Waals surface area contributed by atoms with Gasteiger partial charge in [0.15, 0.2) is 6.10 Å². The fraction of sp³-hybridized carbons (Fsp3) is 0.650. The van der Waals surface area contributed by atoms with Gasteiger partial charge in [-0.3, -0.25) is 24.1 Å². The Balaban J connectivity index is 1.57. The highest BCUT2D eigenvalue weighted by atomic mass is 32.1. The third-order valence-corrected chi connectivity index (χ3v) is 11.6. The zero-order chi connectivity index (χ0) is 40.2. The van der Waals surface area contributed by atoms with Crippen molar-refractivity contribution >= 4 is 41.1 Å². The Morgan fingerprint density at radius 2 is 1.67 bits per heavy atom. The minimum absolute atomic E-state index is 0.0794. The first-order valence-electron chi connectivity index (χ1n) is 19.5. The Morgan fingerprint density at radius 3 is 2.29 bits per heavy atom. The summed E-state index contributed by atoms with van der Waals surface area (Å²) < 4.78 is 11.6. The Hall–Kier alpha value is -4.08. The van der Waals surface area contributed by atoms with E-state index in [2.05, 4.69) is 15.6 Å². The summed E-state index contributed by atoms with van der Waals surface area (Å²) in [7, 11) is 3.65. The number of benzene rings is 1. The molecule has 3 heterocycles. The van der Waals surface area contributed by atoms with Crippen molar-refractivity contribution < 1.29 is 38.6 Å². The van der Waals surface area contributed by atoms with Crippen molar-refractivity contribution in [1.29, 1.82) is 0 Å². The van der Waals surface area contributed by atoms with Gasteiger partial charge in [-0.25, -0.2) is 9.78 Å². The first kappa shape index (κ1) is 43.6. The van der Waals surface area contributed by atoms with Crippen molar-refractivity contribution in [3.05, 3.63) is 52.0 Å². The number of ether oxygens (including phenoxy) is 2. The lowest BCUT2D eigenvalue weighted by Gasteiger charge is -2.38. The summed E-state index contributed by atoms with van der Waals surface area (Å²) in [6.45, 7) is 11.7. The number of carbonyl (C=O) groups is 5. The lowest BCUT2D eigenvalue weighted by molar-refractivity contribution is -0.141. The van der Waals surface area contributed by atoms with E-state index in [9.17, 15) is 29.1 Å². The van der Waals surface area contributed by atoms with Crippen molar-refractivity contribution in [2.75, 3.05) is 46.9 Å². The second-order valence-electron chi connectivity index (χ2n) is 15.6. The lowest BCUT2D eigenvalue weighted by atomic mass is 9.94. The van der Waals surface area contributed by atoms with E-state index in [1.54, 1.807) is 29.2 Å². The molecule has 0 unspecified atom stereocenters. The van der Waals surface area contributed by atoms with Gasteiger partial charge >= 0.3 is 12.1 Å². The van der Waals surface area contributed by atoms with Crippen LogP contribution >= 0.6 is 11.3 Å². The zero-order valence-corrected chi connectivity index (χ0v) is 34.2. The summed E-state index contributed by atoms with van der Waals surface area (Å²) >= 11 is 1.18. The van der Waals surface area contributed by atoms with Crippen LogP contribution in [0.3, 0.4) is 0 Å². The molecule has 0 radical (unpaired) electrons. The molecule has 0 saturated carbocycles. The number of carboxylic acids is 1. The van der Waals surface area contributed by atoms with Gasteiger partial charge in [-0.15, -0.1) is 11.3 Å². The van der Waals surface area contributed by atoms with Crippen molar-refractivity contribution in [1.82, 2.24) is 30.3 Å². The van der Waals surface area contributed by atoms with Gasteiger partial charge in [0.05, 0.1) is 25.2 Å². The van der Waals surface area contributed by atoms with Crippen LogP contribution in [0.2, 0.25) is 0 Å². The number of hydrogen-bond donors (Lipinski definition) is 3. The van der Waals surface area contributed by atoms with E-state index in [4.69, 9.17) is 9.47 Å². The quantitative estimate of drug-likeness (QED) is 0.206. The molecule has 15 heteroatoms. The Kier molecular flexibility index (Phi) is 16.4. The first-order valence-corrected chi connectivity index (χ1v) is 20.4. The van der Waals surface area contributed by atoms with E-state index < -0.39 is 48.1 Å². The molecule has 6 atom stereocenters. The average molecular weight is 785 g/mol. The molecule has 4 amide bonds. The summed E-state index contributed by atoms with van der Waals surface area (Å²) in [6, 6.07) is 7.59. The van der Waals surface area contributed by atoms with E-state index >= 15 is 0 Å². The molecule has 2 aliphatic heterocycles. The van der Waals surface area contributed by atoms with E-state index in [0.717, 1.165) is 31.4 Å². The Labute approximate surface area is 329 Å². The molecule has 1 aromatic heterocycles. The van der Waals surface area contributed by atoms with E-state index in [0.29, 0.717) is 37.7 Å². The van der Waals surface area contributed by atoms with Crippen LogP contribution in [0, 0.1) is 17.8 Å². The third-order valence-electron chi connectivity index (χ3n) is 10.6. The van der Waals surface area contributed by atoms with Crippen molar-refractivity contribution in [3.63, 3.8) is 0 Å². The van der Waals surface area contributed by atoms with E-state index in [1.165, 1.54) is 11.3 Å². The highest BCUT2D eigenvalue weighted by Crippen LogP contribution is 2.32. The van der Waals surface area contributed by atoms with Crippen LogP contribution in [0.4, 0.5) is 4.79 Å². The Bertz CT molecular complexity index is 1580. The number of piperidine rings is 1. The number of aromatic nitrogens is 1. The number of nitrogens with one attached hydrogen (secondary N) is 2. The molecule has 304 valence electrons. The number of morpholine rings is 1. The lowest BCUT2D eigenvalue weighted by Crippen LogP contribution is -2.57. The number of carboxylic acid groups (broad SMARTS) is 1. The smallest absolute Gasteiger partial charge is 0.410 e. The predicted octanol–water partition coefficient (Wildman–Crippen LogP) is 4.60. The van der Waals surface area contributed by atoms with Gasteiger partial charge in [-0.1, -0.05) is 71.4 Å². The molecule has 4 rings (SSSR count). The second kappa shape index (κ2) is 20.7. The van der Waals surface area contributed by atoms with Gasteiger partial charge in [-0.2, -0.15) is 0 Å². The van der Waals surface area contributed by atoms with Crippen LogP contribution in [0.5, 0.6) is 0 Å². The minimum atomic E-state index is -0.949. The molecular formula is C40H60N6O8S. The molecule has 0 spiro atoms. The fourth-order valence-corrected chi connectivity index (χ4v) is 8.05. The third kappa shape index (κ3) is 12.5. The molecule has 2 saturated heterocycles. The van der Waals surface area contributed by atoms with Crippen molar-refractivity contribution in [3.8, 4) is 0 Å². The maximum absolute atomic E-state index is 14.2. The number of nitrogens with zero attached hydrogens (tertiary/aromatic N) is 4. The minimum Gasteiger partial charge on any atom is -0.481 e. The molecular weight excluding hydrogens is 725 g/mol. The number of rotatable bonds is 17. The van der Waals surface area contributed by atoms with Crippen molar-refractivity contribution in [2.45, 2.75) is 103 Å². The molecule has 1 aromatic carbocycles. The highest BCUT2D eigenvalue weighted by molar-refractivity contribution is 7.09. The van der Waals surface area contributed by atoms with Gasteiger partial charge in [0, 0.05) is 44.0 Å². The maximum atomic E-state index is 14.2. The van der Waals surface area contributed by atoms with E-state index in [1.807, 2.05) is 70.0 Å². The summed E-state index contributed by atoms with van der Waals surface area (Å²) in [5.41, 5.74) is 1.08. The average Bonchev–Trinajstić information content (AvgIpc) is 3.66. The molecule has 0 bridgehead atoms. The topological polar surface area (TPSA) is 171 Å². The predicted molar refractivity (Wildman–Crippen MR) is 210 cm³/mol. The zero-order valence-electron chi connectivity index (χ0n) is 33.4. The highest BCUT2D eigenvalue weighted by Gasteiger charge is 2.37. The first-order chi connectivity index (χ1) is 26.2. The number of amides is 4. The van der Waals surface area contributed by atoms with E-state index in [-0.39, 0.29) is 48.2 Å². The number of likely N-dealkylation sites (N-methyl/N-ethyl adjacent to an activating group) is 2. The number of likely N-dealkylation sites (tertiary alicyclic amines) is 1. The Morgan fingerprint density at radius 1 is 0.982 bits per heavy atom. The molecule has 2 aromatic rings. The summed E-state index contributed by atoms with van der Waals surface area (Å²) in [6.07, 6.45) is 2.15. The van der Waals surface area contributed by atoms with Crippen LogP contribution in [0.1, 0.15) is 93.9 Å². The summed E-state index contributed by atoms with van der Waals surface area (Å²) in [5, 5.41) is 17.6. The standard InChI is InChI=1S/C40H60N6O8S/c1-25(2)32(45(7)38(49)34(26(3)4)43-36(48)31-15-11-12-16-44(31)6)23-33(54-40(52)46-17-19-53-20-18-46)37-42-30(24-55-37)35(47)41-29(21-27(5)39(50)51)22-28-13-9-8-10-14-28/h8-10,13-14,24-27,29,31-34H,11-12,15-23H2,1-7H3,(H,41,47)(H,43,48)(H,50,51)/t27-,29+,31+,32+,33+,34-/m0/s1. The number of aliphatic carboxylic acids is 1. The number of carbonyl (C=O) groups excluding carboxylic acids is 4. The monoisotopic (exact) mass is 784 g/mol. The van der Waals surface area contributed by atoms with Gasteiger partial charge in [0.25, 0.3) is 5.91 Å². The number of thiazole rings is 1. The van der Waals surface area contributed by atoms with Crippen LogP contribution in [0.15, 0.2) is 35.7 Å². The number of hydrogen-bond acceptors (Lipinski definition) is 10. The fourth-order valence-electron chi connectivity index (χ4n) is 7.21. The molecule has 0 aliphatic carbocycles. The van der Waals surface area contributed by atoms with Gasteiger partial charge < -0.3 is 35.0 Å². The van der Waals surface area contributed by atoms with Crippen LogP contribution < -0.4 is 10.6 Å². The molecule has 3 N–H and O–H groups in total. The van der Waals surface area contributed by atoms with Gasteiger partial charge in [-0.05, 0) is 56.7 Å². The van der Waals surface area contributed by atoms with Crippen LogP contribution in [0.25, 0.3) is 0 Å². The largest absolute Gasteiger partial charge is 0.481 e. The molecule has 55 heavy (non-hydrogen) atoms. The van der Waals surface area contributed by atoms with Gasteiger partial charge in [0.2, 0.25) is 11.8 Å². The molecule has 14 nitrogen and oxygen atoms in total. The normalized spacial score (nSPS) is 19.2. The summed E-state index contributed by atoms with van der Waals surface area (Å²) in [4.78, 5) is 76.5. The van der Waals surface area contributed by atoms with Crippen LogP contribution in [-0.2, 0) is 30.3 Å². The maximum Gasteiger partial charge on any atom is 0.410 e. The molecule has 2 aliphatic rings. The SMILES string of the molecule is CC(C)[C@H](NC(=O)[C@H]1CCCCN1C)C(=O)N(C)[C@H](C[C@@H](OC(=O)N1CCOCC1)c1nc(C(=O)N[C@@H](Cc2ccccc2)C[C@H](C)C(=O)O)cs1)C(C)C. The van der Waals surface area contributed by atoms with Crippen molar-refractivity contribution in [2.24, 2.45) is 17.8 Å². The molecule has 2 fully saturated rings.